The van der Waals surface area contributed by atoms with Crippen LogP contribution in [0.5, 0.6) is 0 Å². The van der Waals surface area contributed by atoms with Crippen LogP contribution in [0.25, 0.3) is 5.65 Å². The molecule has 0 aliphatic carbocycles. The number of fused-ring (bicyclic) bond motifs is 2. The van der Waals surface area contributed by atoms with Gasteiger partial charge in [0.1, 0.15) is 11.4 Å². The summed E-state index contributed by atoms with van der Waals surface area (Å²) in [6.45, 7) is 11.1. The summed E-state index contributed by atoms with van der Waals surface area (Å²) in [4.78, 5) is 21.7. The molecule has 1 saturated heterocycles. The van der Waals surface area contributed by atoms with E-state index in [0.717, 1.165) is 41.1 Å². The van der Waals surface area contributed by atoms with Crippen molar-refractivity contribution in [3.8, 4) is 0 Å². The number of anilines is 1. The Morgan fingerprint density at radius 1 is 1.30 bits per heavy atom. The van der Waals surface area contributed by atoms with E-state index in [2.05, 4.69) is 32.9 Å². The largest absolute Gasteiger partial charge is 0.444 e. The molecule has 1 unspecified atom stereocenters. The van der Waals surface area contributed by atoms with Crippen molar-refractivity contribution >= 4 is 33.5 Å². The van der Waals surface area contributed by atoms with E-state index in [9.17, 15) is 4.79 Å². The van der Waals surface area contributed by atoms with Gasteiger partial charge in [0.05, 0.1) is 16.4 Å². The molecule has 0 aromatic carbocycles. The first kappa shape index (κ1) is 18.5. The Labute approximate surface area is 167 Å². The Morgan fingerprint density at radius 3 is 2.67 bits per heavy atom. The predicted molar refractivity (Wildman–Crippen MR) is 107 cm³/mol. The van der Waals surface area contributed by atoms with E-state index < -0.39 is 5.60 Å². The molecule has 2 aromatic heterocycles. The van der Waals surface area contributed by atoms with Crippen molar-refractivity contribution in [2.45, 2.75) is 52.1 Å². The topological polar surface area (TPSA) is 63.0 Å². The molecule has 1 amide bonds. The molecule has 8 heteroatoms. The molecular formula is C19H26BrN5O2. The average Bonchev–Trinajstić information content (AvgIpc) is 2.80. The third-order valence-electron chi connectivity index (χ3n) is 5.11. The van der Waals surface area contributed by atoms with Gasteiger partial charge in [-0.25, -0.2) is 9.78 Å². The smallest absolute Gasteiger partial charge is 0.410 e. The van der Waals surface area contributed by atoms with E-state index in [1.54, 1.807) is 0 Å². The Kier molecular flexibility index (Phi) is 4.56. The second-order valence-corrected chi connectivity index (χ2v) is 9.30. The SMILES string of the molecule is CC1CN(C(=O)OC(C)(C)C)CCc2c1nc1c(Br)cnn1c2N1CCC1. The molecule has 2 aliphatic rings. The lowest BCUT2D eigenvalue weighted by molar-refractivity contribution is 0.0248. The van der Waals surface area contributed by atoms with Gasteiger partial charge in [-0.2, -0.15) is 9.61 Å². The van der Waals surface area contributed by atoms with Crippen LogP contribution in [0.4, 0.5) is 10.6 Å². The van der Waals surface area contributed by atoms with E-state index in [1.807, 2.05) is 36.4 Å². The second-order valence-electron chi connectivity index (χ2n) is 8.45. The third-order valence-corrected chi connectivity index (χ3v) is 5.67. The zero-order valence-corrected chi connectivity index (χ0v) is 17.9. The number of aromatic nitrogens is 3. The van der Waals surface area contributed by atoms with E-state index >= 15 is 0 Å². The van der Waals surface area contributed by atoms with Crippen molar-refractivity contribution in [3.63, 3.8) is 0 Å². The van der Waals surface area contributed by atoms with Gasteiger partial charge in [0.2, 0.25) is 0 Å². The maximum absolute atomic E-state index is 12.6. The molecule has 7 nitrogen and oxygen atoms in total. The maximum atomic E-state index is 12.6. The van der Waals surface area contributed by atoms with Crippen LogP contribution in [-0.4, -0.2) is 57.4 Å². The maximum Gasteiger partial charge on any atom is 0.410 e. The third kappa shape index (κ3) is 3.39. The van der Waals surface area contributed by atoms with Crippen molar-refractivity contribution in [3.05, 3.63) is 21.9 Å². The summed E-state index contributed by atoms with van der Waals surface area (Å²) in [5, 5.41) is 4.55. The van der Waals surface area contributed by atoms with Gasteiger partial charge < -0.3 is 14.5 Å². The highest BCUT2D eigenvalue weighted by Gasteiger charge is 2.32. The molecule has 1 fully saturated rings. The highest BCUT2D eigenvalue weighted by Crippen LogP contribution is 2.35. The van der Waals surface area contributed by atoms with Crippen molar-refractivity contribution in [2.75, 3.05) is 31.1 Å². The van der Waals surface area contributed by atoms with Crippen molar-refractivity contribution in [1.82, 2.24) is 19.5 Å². The van der Waals surface area contributed by atoms with Gasteiger partial charge in [-0.1, -0.05) is 6.92 Å². The van der Waals surface area contributed by atoms with Crippen molar-refractivity contribution in [1.29, 1.82) is 0 Å². The highest BCUT2D eigenvalue weighted by molar-refractivity contribution is 9.10. The van der Waals surface area contributed by atoms with E-state index in [1.165, 1.54) is 12.0 Å². The minimum Gasteiger partial charge on any atom is -0.444 e. The summed E-state index contributed by atoms with van der Waals surface area (Å²) in [6.07, 6.45) is 3.51. The van der Waals surface area contributed by atoms with Crippen LogP contribution in [0.1, 0.15) is 51.3 Å². The van der Waals surface area contributed by atoms with Gasteiger partial charge >= 0.3 is 6.09 Å². The second kappa shape index (κ2) is 6.65. The standard InChI is InChI=1S/C19H26BrN5O2/c1-12-11-24(18(26)27-19(2,3)4)9-6-13-15(12)22-16-14(20)10-21-25(16)17(13)23-7-5-8-23/h10,12H,5-9,11H2,1-4H3. The Hall–Kier alpha value is -1.83. The Morgan fingerprint density at radius 2 is 2.04 bits per heavy atom. The Bertz CT molecular complexity index is 884. The summed E-state index contributed by atoms with van der Waals surface area (Å²) < 4.78 is 8.44. The van der Waals surface area contributed by atoms with Gasteiger partial charge in [0.15, 0.2) is 5.65 Å². The zero-order chi connectivity index (χ0) is 19.3. The monoisotopic (exact) mass is 435 g/mol. The Balaban J connectivity index is 1.73. The van der Waals surface area contributed by atoms with Crippen LogP contribution < -0.4 is 4.90 Å². The lowest BCUT2D eigenvalue weighted by Gasteiger charge is -2.35. The number of hydrogen-bond acceptors (Lipinski definition) is 5. The molecule has 2 aromatic rings. The fourth-order valence-corrected chi connectivity index (χ4v) is 4.10. The van der Waals surface area contributed by atoms with Crippen LogP contribution in [-0.2, 0) is 11.2 Å². The quantitative estimate of drug-likeness (QED) is 0.684. The van der Waals surface area contributed by atoms with Crippen molar-refractivity contribution in [2.24, 2.45) is 0 Å². The van der Waals surface area contributed by atoms with Gasteiger partial charge in [0, 0.05) is 37.7 Å². The molecule has 0 bridgehead atoms. The lowest BCUT2D eigenvalue weighted by Crippen LogP contribution is -2.40. The normalized spacial score (nSPS) is 20.3. The average molecular weight is 436 g/mol. The molecule has 0 spiro atoms. The van der Waals surface area contributed by atoms with Crippen LogP contribution in [0.15, 0.2) is 10.7 Å². The van der Waals surface area contributed by atoms with Crippen LogP contribution >= 0.6 is 15.9 Å². The molecule has 0 saturated carbocycles. The van der Waals surface area contributed by atoms with Crippen LogP contribution in [0, 0.1) is 0 Å². The number of carbonyl (C=O) groups is 1. The zero-order valence-electron chi connectivity index (χ0n) is 16.3. The number of rotatable bonds is 1. The number of nitrogens with zero attached hydrogens (tertiary/aromatic N) is 5. The fraction of sp³-hybridized carbons (Fsp3) is 0.632. The van der Waals surface area contributed by atoms with Gasteiger partial charge in [-0.3, -0.25) is 0 Å². The van der Waals surface area contributed by atoms with Crippen LogP contribution in [0.2, 0.25) is 0 Å². The summed E-state index contributed by atoms with van der Waals surface area (Å²) in [5.41, 5.74) is 2.62. The molecule has 2 aliphatic heterocycles. The first-order chi connectivity index (χ1) is 12.7. The molecule has 4 heterocycles. The fourth-order valence-electron chi connectivity index (χ4n) is 3.75. The molecule has 0 radical (unpaired) electrons. The summed E-state index contributed by atoms with van der Waals surface area (Å²) >= 11 is 3.58. The number of carbonyl (C=O) groups excluding carboxylic acids is 1. The summed E-state index contributed by atoms with van der Waals surface area (Å²) in [5.74, 6) is 1.26. The number of amides is 1. The number of ether oxygens (including phenoxy) is 1. The van der Waals surface area contributed by atoms with E-state index in [4.69, 9.17) is 9.72 Å². The molecule has 27 heavy (non-hydrogen) atoms. The van der Waals surface area contributed by atoms with Gasteiger partial charge in [-0.15, -0.1) is 0 Å². The minimum absolute atomic E-state index is 0.127. The number of halogens is 1. The molecule has 1 atom stereocenters. The lowest BCUT2D eigenvalue weighted by atomic mass is 10.0. The minimum atomic E-state index is -0.494. The summed E-state index contributed by atoms with van der Waals surface area (Å²) in [6, 6.07) is 0. The van der Waals surface area contributed by atoms with Crippen LogP contribution in [0.3, 0.4) is 0 Å². The van der Waals surface area contributed by atoms with E-state index in [0.29, 0.717) is 13.1 Å². The first-order valence-corrected chi connectivity index (χ1v) is 10.3. The van der Waals surface area contributed by atoms with Crippen molar-refractivity contribution < 1.29 is 9.53 Å². The molecule has 4 rings (SSSR count). The number of hydrogen-bond donors (Lipinski definition) is 0. The molecule has 0 N–H and O–H groups in total. The molecular weight excluding hydrogens is 410 g/mol. The van der Waals surface area contributed by atoms with Gasteiger partial charge in [0.25, 0.3) is 0 Å². The first-order valence-electron chi connectivity index (χ1n) is 9.53. The predicted octanol–water partition coefficient (Wildman–Crippen LogP) is 3.60. The highest BCUT2D eigenvalue weighted by atomic mass is 79.9. The van der Waals surface area contributed by atoms with Gasteiger partial charge in [-0.05, 0) is 49.5 Å². The van der Waals surface area contributed by atoms with E-state index in [-0.39, 0.29) is 12.0 Å². The molecule has 146 valence electrons. The summed E-state index contributed by atoms with van der Waals surface area (Å²) in [7, 11) is 0.